The lowest BCUT2D eigenvalue weighted by atomic mass is 10.1. The second kappa shape index (κ2) is 6.67. The lowest BCUT2D eigenvalue weighted by Gasteiger charge is -2.16. The molecule has 4 rings (SSSR count). The lowest BCUT2D eigenvalue weighted by molar-refractivity contribution is 0.0999. The van der Waals surface area contributed by atoms with Gasteiger partial charge in [0.1, 0.15) is 5.56 Å². The maximum atomic E-state index is 14.9. The number of aromatic nitrogens is 1. The standard InChI is InChI=1S/C21H21FN4O2/c1-2-26-10-13(21(24)28)20(27)17-16(26)9-15(18(22)19(17)23)25-14-8-12(14)11-6-4-3-5-7-11/h3-7,9-10,12,14,25H,2,8,23H2,1H3,(H2,24,28)/t12-,14+/m0/s1. The molecule has 5 N–H and O–H groups in total. The first kappa shape index (κ1) is 18.0. The predicted molar refractivity (Wildman–Crippen MR) is 108 cm³/mol. The van der Waals surface area contributed by atoms with Crippen LogP contribution in [0.1, 0.15) is 35.2 Å². The molecule has 1 fully saturated rings. The van der Waals surface area contributed by atoms with Gasteiger partial charge in [-0.05, 0) is 25.0 Å². The van der Waals surface area contributed by atoms with Crippen LogP contribution in [-0.2, 0) is 6.54 Å². The first-order valence-electron chi connectivity index (χ1n) is 9.18. The van der Waals surface area contributed by atoms with Gasteiger partial charge in [0.25, 0.3) is 5.91 Å². The van der Waals surface area contributed by atoms with Crippen LogP contribution in [-0.4, -0.2) is 16.5 Å². The Kier molecular flexibility index (Phi) is 4.30. The second-order valence-electron chi connectivity index (χ2n) is 7.07. The molecule has 2 atom stereocenters. The van der Waals surface area contributed by atoms with Gasteiger partial charge in [-0.1, -0.05) is 30.3 Å². The molecule has 1 saturated carbocycles. The highest BCUT2D eigenvalue weighted by molar-refractivity contribution is 6.00. The van der Waals surface area contributed by atoms with E-state index in [0.717, 1.165) is 6.42 Å². The molecule has 3 aromatic rings. The van der Waals surface area contributed by atoms with E-state index >= 15 is 0 Å². The number of pyridine rings is 1. The first-order valence-corrected chi connectivity index (χ1v) is 9.18. The van der Waals surface area contributed by atoms with Gasteiger partial charge in [0.15, 0.2) is 5.82 Å². The molecule has 144 valence electrons. The molecule has 0 saturated heterocycles. The zero-order valence-electron chi connectivity index (χ0n) is 15.4. The monoisotopic (exact) mass is 380 g/mol. The van der Waals surface area contributed by atoms with Crippen molar-refractivity contribution >= 4 is 28.2 Å². The number of amides is 1. The highest BCUT2D eigenvalue weighted by atomic mass is 19.1. The van der Waals surface area contributed by atoms with Crippen LogP contribution in [0.15, 0.2) is 47.4 Å². The SMILES string of the molecule is CCn1cc(C(N)=O)c(=O)c2c(N)c(F)c(N[C@@H]3C[C@H]3c3ccccc3)cc21. The van der Waals surface area contributed by atoms with Crippen LogP contribution >= 0.6 is 0 Å². The molecule has 1 aromatic heterocycles. The van der Waals surface area contributed by atoms with Crippen LogP contribution in [0.4, 0.5) is 15.8 Å². The average Bonchev–Trinajstić information content (AvgIpc) is 3.45. The fourth-order valence-corrected chi connectivity index (χ4v) is 3.71. The van der Waals surface area contributed by atoms with Crippen molar-refractivity contribution in [1.82, 2.24) is 4.57 Å². The fraction of sp³-hybridized carbons (Fsp3) is 0.238. The number of nitrogens with zero attached hydrogens (tertiary/aromatic N) is 1. The third-order valence-electron chi connectivity index (χ3n) is 5.31. The Morgan fingerprint density at radius 2 is 2.04 bits per heavy atom. The van der Waals surface area contributed by atoms with Crippen molar-refractivity contribution in [1.29, 1.82) is 0 Å². The van der Waals surface area contributed by atoms with Gasteiger partial charge in [-0.3, -0.25) is 9.59 Å². The van der Waals surface area contributed by atoms with Crippen LogP contribution < -0.4 is 22.2 Å². The minimum absolute atomic E-state index is 0.0170. The number of carbonyl (C=O) groups excluding carboxylic acids is 1. The number of aryl methyl sites for hydroxylation is 1. The van der Waals surface area contributed by atoms with Crippen molar-refractivity contribution in [3.63, 3.8) is 0 Å². The van der Waals surface area contributed by atoms with Crippen LogP contribution in [0, 0.1) is 5.82 Å². The van der Waals surface area contributed by atoms with Crippen LogP contribution in [0.25, 0.3) is 10.9 Å². The Hall–Kier alpha value is -3.35. The molecule has 2 aromatic carbocycles. The van der Waals surface area contributed by atoms with E-state index in [0.29, 0.717) is 18.0 Å². The van der Waals surface area contributed by atoms with Gasteiger partial charge in [0.2, 0.25) is 5.43 Å². The summed E-state index contributed by atoms with van der Waals surface area (Å²) in [5, 5.41) is 3.19. The number of hydrogen-bond donors (Lipinski definition) is 3. The van der Waals surface area contributed by atoms with Crippen molar-refractivity contribution in [2.45, 2.75) is 31.8 Å². The summed E-state index contributed by atoms with van der Waals surface area (Å²) in [5.41, 5.74) is 12.1. The Bertz CT molecular complexity index is 1140. The van der Waals surface area contributed by atoms with Crippen molar-refractivity contribution in [3.05, 3.63) is 69.8 Å². The van der Waals surface area contributed by atoms with Gasteiger partial charge >= 0.3 is 0 Å². The third kappa shape index (κ3) is 2.89. The summed E-state index contributed by atoms with van der Waals surface area (Å²) in [6, 6.07) is 11.7. The van der Waals surface area contributed by atoms with Crippen molar-refractivity contribution in [2.24, 2.45) is 5.73 Å². The maximum absolute atomic E-state index is 14.9. The molecule has 1 heterocycles. The number of halogens is 1. The number of hydrogen-bond acceptors (Lipinski definition) is 4. The molecular formula is C21H21FN4O2. The van der Waals surface area contributed by atoms with Crippen LogP contribution in [0.2, 0.25) is 0 Å². The van der Waals surface area contributed by atoms with E-state index in [1.54, 1.807) is 10.6 Å². The number of carbonyl (C=O) groups is 1. The molecule has 1 aliphatic carbocycles. The molecule has 6 nitrogen and oxygen atoms in total. The van der Waals surface area contributed by atoms with E-state index < -0.39 is 17.2 Å². The van der Waals surface area contributed by atoms with Gasteiger partial charge in [-0.25, -0.2) is 4.39 Å². The number of primary amides is 1. The van der Waals surface area contributed by atoms with Crippen LogP contribution in [0.5, 0.6) is 0 Å². The minimum atomic E-state index is -0.861. The summed E-state index contributed by atoms with van der Waals surface area (Å²) < 4.78 is 16.6. The highest BCUT2D eigenvalue weighted by Crippen LogP contribution is 2.43. The van der Waals surface area contributed by atoms with Gasteiger partial charge in [-0.2, -0.15) is 0 Å². The zero-order valence-corrected chi connectivity index (χ0v) is 15.4. The summed E-state index contributed by atoms with van der Waals surface area (Å²) in [6.45, 7) is 2.32. The summed E-state index contributed by atoms with van der Waals surface area (Å²) in [6.07, 6.45) is 2.29. The molecule has 28 heavy (non-hydrogen) atoms. The molecule has 0 unspecified atom stereocenters. The number of benzene rings is 2. The Morgan fingerprint density at radius 1 is 1.32 bits per heavy atom. The normalized spacial score (nSPS) is 18.2. The third-order valence-corrected chi connectivity index (χ3v) is 5.31. The molecule has 0 radical (unpaired) electrons. The largest absolute Gasteiger partial charge is 0.396 e. The molecule has 7 heteroatoms. The van der Waals surface area contributed by atoms with Gasteiger partial charge in [0, 0.05) is 24.7 Å². The van der Waals surface area contributed by atoms with Crippen molar-refractivity contribution in [2.75, 3.05) is 11.1 Å². The fourth-order valence-electron chi connectivity index (χ4n) is 3.71. The highest BCUT2D eigenvalue weighted by Gasteiger charge is 2.39. The molecule has 1 aliphatic rings. The minimum Gasteiger partial charge on any atom is -0.396 e. The number of anilines is 2. The summed E-state index contributed by atoms with van der Waals surface area (Å²) in [4.78, 5) is 24.2. The lowest BCUT2D eigenvalue weighted by Crippen LogP contribution is -2.25. The number of rotatable bonds is 5. The van der Waals surface area contributed by atoms with E-state index in [4.69, 9.17) is 11.5 Å². The van der Waals surface area contributed by atoms with E-state index in [9.17, 15) is 14.0 Å². The molecule has 0 spiro atoms. The van der Waals surface area contributed by atoms with Gasteiger partial charge in [-0.15, -0.1) is 0 Å². The molecule has 0 aliphatic heterocycles. The second-order valence-corrected chi connectivity index (χ2v) is 7.07. The smallest absolute Gasteiger partial charge is 0.254 e. The summed E-state index contributed by atoms with van der Waals surface area (Å²) in [7, 11) is 0. The van der Waals surface area contributed by atoms with Gasteiger partial charge < -0.3 is 21.4 Å². The van der Waals surface area contributed by atoms with E-state index in [1.807, 2.05) is 25.1 Å². The first-order chi connectivity index (χ1) is 13.4. The number of fused-ring (bicyclic) bond motifs is 1. The Labute approximate surface area is 161 Å². The molecule has 0 bridgehead atoms. The van der Waals surface area contributed by atoms with E-state index in [1.165, 1.54) is 11.8 Å². The number of nitrogen functional groups attached to an aromatic ring is 1. The predicted octanol–water partition coefficient (Wildman–Crippen LogP) is 2.81. The Balaban J connectivity index is 1.77. The number of nitrogens with two attached hydrogens (primary N) is 2. The molecule has 1 amide bonds. The van der Waals surface area contributed by atoms with Crippen molar-refractivity contribution < 1.29 is 9.18 Å². The maximum Gasteiger partial charge on any atom is 0.254 e. The van der Waals surface area contributed by atoms with E-state index in [2.05, 4.69) is 17.4 Å². The zero-order chi connectivity index (χ0) is 20.0. The van der Waals surface area contributed by atoms with Crippen LogP contribution in [0.3, 0.4) is 0 Å². The molecular weight excluding hydrogens is 359 g/mol. The Morgan fingerprint density at radius 3 is 2.68 bits per heavy atom. The van der Waals surface area contributed by atoms with E-state index in [-0.39, 0.29) is 28.4 Å². The quantitative estimate of drug-likeness (QED) is 0.592. The van der Waals surface area contributed by atoms with Crippen molar-refractivity contribution in [3.8, 4) is 0 Å². The topological polar surface area (TPSA) is 103 Å². The average molecular weight is 380 g/mol. The van der Waals surface area contributed by atoms with Gasteiger partial charge in [0.05, 0.1) is 22.3 Å². The summed E-state index contributed by atoms with van der Waals surface area (Å²) >= 11 is 0. The summed E-state index contributed by atoms with van der Waals surface area (Å²) in [5.74, 6) is -1.24. The number of nitrogens with one attached hydrogen (secondary N) is 1.